The maximum Gasteiger partial charge on any atom is 0.276 e. The van der Waals surface area contributed by atoms with E-state index in [1.807, 2.05) is 30.3 Å². The molecule has 37 heavy (non-hydrogen) atoms. The average Bonchev–Trinajstić information content (AvgIpc) is 2.91. The Morgan fingerprint density at radius 2 is 1.68 bits per heavy atom. The van der Waals surface area contributed by atoms with E-state index in [9.17, 15) is 18.0 Å². The van der Waals surface area contributed by atoms with Gasteiger partial charge in [0.1, 0.15) is 18.1 Å². The number of amides is 2. The van der Waals surface area contributed by atoms with Crippen molar-refractivity contribution in [2.24, 2.45) is 0 Å². The number of aromatic nitrogens is 1. The predicted molar refractivity (Wildman–Crippen MR) is 137 cm³/mol. The summed E-state index contributed by atoms with van der Waals surface area (Å²) in [6.45, 7) is 2.02. The smallest absolute Gasteiger partial charge is 0.276 e. The van der Waals surface area contributed by atoms with Crippen LogP contribution in [0.1, 0.15) is 26.4 Å². The minimum absolute atomic E-state index is 0.0213. The third kappa shape index (κ3) is 6.02. The quantitative estimate of drug-likeness (QED) is 0.150. The number of para-hydroxylation sites is 2. The third-order valence-electron chi connectivity index (χ3n) is 5.48. The maximum absolute atomic E-state index is 12.9. The number of rotatable bonds is 9. The lowest BCUT2D eigenvalue weighted by Crippen LogP contribution is -2.28. The molecular weight excluding hydrogens is 496 g/mol. The first kappa shape index (κ1) is 25.6. The van der Waals surface area contributed by atoms with E-state index in [1.165, 1.54) is 35.8 Å². The summed E-state index contributed by atoms with van der Waals surface area (Å²) >= 11 is 0. The van der Waals surface area contributed by atoms with Gasteiger partial charge in [0.2, 0.25) is 0 Å². The Balaban J connectivity index is 1.34. The van der Waals surface area contributed by atoms with Crippen LogP contribution in [0.2, 0.25) is 0 Å². The van der Waals surface area contributed by atoms with Crippen LogP contribution >= 0.6 is 0 Å². The Morgan fingerprint density at radius 3 is 2.43 bits per heavy atom. The van der Waals surface area contributed by atoms with Crippen LogP contribution in [0, 0.1) is 6.92 Å². The van der Waals surface area contributed by atoms with E-state index in [-0.39, 0.29) is 35.2 Å². The van der Waals surface area contributed by atoms with Gasteiger partial charge in [0.25, 0.3) is 21.8 Å². The molecule has 0 unspecified atom stereocenters. The number of hydroxylamine groups is 1. The number of nitrogens with one attached hydrogen (secondary N) is 3. The molecule has 0 fully saturated rings. The number of carbonyl (C=O) groups is 2. The molecule has 4 N–H and O–H groups in total. The number of carbonyl (C=O) groups excluding carboxylic acids is 2. The number of anilines is 1. The molecule has 0 radical (unpaired) electrons. The first-order valence-electron chi connectivity index (χ1n) is 11.2. The monoisotopic (exact) mass is 520 g/mol. The number of hydrogen-bond acceptors (Lipinski definition) is 7. The molecule has 0 aliphatic heterocycles. The average molecular weight is 521 g/mol. The number of hydrogen-bond donors (Lipinski definition) is 4. The van der Waals surface area contributed by atoms with Crippen LogP contribution in [-0.4, -0.2) is 43.6 Å². The Hall–Kier alpha value is -4.48. The zero-order valence-electron chi connectivity index (χ0n) is 19.8. The number of sulfonamides is 1. The van der Waals surface area contributed by atoms with Gasteiger partial charge in [0, 0.05) is 5.39 Å². The molecule has 0 spiro atoms. The van der Waals surface area contributed by atoms with E-state index >= 15 is 0 Å². The van der Waals surface area contributed by atoms with Crippen molar-refractivity contribution in [1.29, 1.82) is 0 Å². The van der Waals surface area contributed by atoms with Gasteiger partial charge >= 0.3 is 0 Å². The number of ether oxygens (including phenoxy) is 1. The highest BCUT2D eigenvalue weighted by Crippen LogP contribution is 2.25. The molecule has 4 aromatic rings. The normalized spacial score (nSPS) is 11.1. The molecule has 0 saturated heterocycles. The zero-order valence-corrected chi connectivity index (χ0v) is 20.6. The van der Waals surface area contributed by atoms with E-state index in [1.54, 1.807) is 25.1 Å². The second kappa shape index (κ2) is 11.1. The van der Waals surface area contributed by atoms with E-state index in [4.69, 9.17) is 9.94 Å². The van der Waals surface area contributed by atoms with Gasteiger partial charge in [0.15, 0.2) is 0 Å². The lowest BCUT2D eigenvalue weighted by molar-refractivity contribution is 0.0707. The SMILES string of the molecule is Cc1cccc(C(=O)NO)c1NS(=O)(=O)c1ccc(OCCNC(=O)c2ccc3ccccc3n2)cc1. The molecular formula is C26H24N4O6S. The van der Waals surface area contributed by atoms with Gasteiger partial charge in [-0.05, 0) is 55.0 Å². The summed E-state index contributed by atoms with van der Waals surface area (Å²) in [5.74, 6) is -0.755. The van der Waals surface area contributed by atoms with Gasteiger partial charge in [-0.3, -0.25) is 19.5 Å². The van der Waals surface area contributed by atoms with Crippen molar-refractivity contribution in [3.05, 3.63) is 95.7 Å². The number of fused-ring (bicyclic) bond motifs is 1. The van der Waals surface area contributed by atoms with Gasteiger partial charge < -0.3 is 10.1 Å². The van der Waals surface area contributed by atoms with Crippen LogP contribution in [0.5, 0.6) is 5.75 Å². The minimum atomic E-state index is -4.03. The fourth-order valence-corrected chi connectivity index (χ4v) is 4.73. The summed E-state index contributed by atoms with van der Waals surface area (Å²) in [5.41, 5.74) is 3.08. The fourth-order valence-electron chi connectivity index (χ4n) is 3.58. The van der Waals surface area contributed by atoms with Gasteiger partial charge in [-0.1, -0.05) is 36.4 Å². The highest BCUT2D eigenvalue weighted by molar-refractivity contribution is 7.92. The first-order chi connectivity index (χ1) is 17.8. The molecule has 0 bridgehead atoms. The number of benzene rings is 3. The molecule has 0 saturated carbocycles. The lowest BCUT2D eigenvalue weighted by atomic mass is 10.1. The van der Waals surface area contributed by atoms with Crippen molar-refractivity contribution in [2.45, 2.75) is 11.8 Å². The highest BCUT2D eigenvalue weighted by atomic mass is 32.2. The van der Waals surface area contributed by atoms with Crippen LogP contribution in [0.25, 0.3) is 10.9 Å². The largest absolute Gasteiger partial charge is 0.492 e. The third-order valence-corrected chi connectivity index (χ3v) is 6.84. The second-order valence-electron chi connectivity index (χ2n) is 8.01. The van der Waals surface area contributed by atoms with Crippen molar-refractivity contribution in [3.63, 3.8) is 0 Å². The second-order valence-corrected chi connectivity index (χ2v) is 9.69. The van der Waals surface area contributed by atoms with Gasteiger partial charge in [0.05, 0.1) is 28.2 Å². The molecule has 10 nitrogen and oxygen atoms in total. The van der Waals surface area contributed by atoms with Crippen LogP contribution in [0.4, 0.5) is 5.69 Å². The van der Waals surface area contributed by atoms with E-state index in [0.717, 1.165) is 10.9 Å². The maximum atomic E-state index is 12.9. The summed E-state index contributed by atoms with van der Waals surface area (Å²) in [7, 11) is -4.03. The lowest BCUT2D eigenvalue weighted by Gasteiger charge is -2.14. The molecule has 190 valence electrons. The van der Waals surface area contributed by atoms with Gasteiger partial charge in [-0.2, -0.15) is 0 Å². The van der Waals surface area contributed by atoms with Crippen LogP contribution in [0.3, 0.4) is 0 Å². The number of nitrogens with zero attached hydrogens (tertiary/aromatic N) is 1. The molecule has 1 aromatic heterocycles. The summed E-state index contributed by atoms with van der Waals surface area (Å²) in [6.07, 6.45) is 0. The van der Waals surface area contributed by atoms with Crippen molar-refractivity contribution in [3.8, 4) is 5.75 Å². The van der Waals surface area contributed by atoms with Crippen molar-refractivity contribution in [1.82, 2.24) is 15.8 Å². The molecule has 0 atom stereocenters. The summed E-state index contributed by atoms with van der Waals surface area (Å²) in [6, 6.07) is 21.3. The minimum Gasteiger partial charge on any atom is -0.492 e. The molecule has 4 rings (SSSR count). The Labute approximate surface area is 213 Å². The van der Waals surface area contributed by atoms with Crippen molar-refractivity contribution >= 4 is 38.4 Å². The van der Waals surface area contributed by atoms with Gasteiger partial charge in [-0.15, -0.1) is 0 Å². The summed E-state index contributed by atoms with van der Waals surface area (Å²) < 4.78 is 33.8. The van der Waals surface area contributed by atoms with Gasteiger partial charge in [-0.25, -0.2) is 18.9 Å². The Kier molecular flexibility index (Phi) is 7.66. The molecule has 1 heterocycles. The van der Waals surface area contributed by atoms with Crippen LogP contribution < -0.4 is 20.3 Å². The molecule has 2 amide bonds. The van der Waals surface area contributed by atoms with E-state index < -0.39 is 15.9 Å². The summed E-state index contributed by atoms with van der Waals surface area (Å²) in [5, 5.41) is 12.6. The Bertz CT molecular complexity index is 1560. The fraction of sp³-hybridized carbons (Fsp3) is 0.115. The highest BCUT2D eigenvalue weighted by Gasteiger charge is 2.20. The van der Waals surface area contributed by atoms with Crippen molar-refractivity contribution < 1.29 is 28.0 Å². The first-order valence-corrected chi connectivity index (χ1v) is 12.7. The predicted octanol–water partition coefficient (Wildman–Crippen LogP) is 3.27. The van der Waals surface area contributed by atoms with Crippen LogP contribution in [-0.2, 0) is 10.0 Å². The topological polar surface area (TPSA) is 147 Å². The Morgan fingerprint density at radius 1 is 0.919 bits per heavy atom. The molecule has 0 aliphatic carbocycles. The van der Waals surface area contributed by atoms with E-state index in [2.05, 4.69) is 15.0 Å². The van der Waals surface area contributed by atoms with E-state index in [0.29, 0.717) is 17.0 Å². The number of aryl methyl sites for hydroxylation is 1. The molecule has 0 aliphatic rings. The number of pyridine rings is 1. The summed E-state index contributed by atoms with van der Waals surface area (Å²) in [4.78, 5) is 28.6. The standard InChI is InChI=1S/C26H24N4O6S/c1-17-5-4-7-21(25(31)29-33)24(17)30-37(34,35)20-12-10-19(11-13-20)36-16-15-27-26(32)23-14-9-18-6-2-3-8-22(18)28-23/h2-14,30,33H,15-16H2,1H3,(H,27,32)(H,29,31). The zero-order chi connectivity index (χ0) is 26.4. The molecule has 11 heteroatoms. The van der Waals surface area contributed by atoms with Crippen LogP contribution in [0.15, 0.2) is 83.8 Å². The van der Waals surface area contributed by atoms with Crippen molar-refractivity contribution in [2.75, 3.05) is 17.9 Å². The molecule has 3 aromatic carbocycles.